The Kier molecular flexibility index (Phi) is 6.47. The van der Waals surface area contributed by atoms with Crippen LogP contribution in [0.1, 0.15) is 62.6 Å². The van der Waals surface area contributed by atoms with Crippen LogP contribution in [0.25, 0.3) is 0 Å². The molecule has 1 amide bonds. The summed E-state index contributed by atoms with van der Waals surface area (Å²) < 4.78 is 45.4. The van der Waals surface area contributed by atoms with Gasteiger partial charge in [-0.1, -0.05) is 19.9 Å². The summed E-state index contributed by atoms with van der Waals surface area (Å²) in [6, 6.07) is 4.29. The first kappa shape index (κ1) is 24.1. The molecule has 7 heteroatoms. The molecule has 5 rings (SSSR count). The fourth-order valence-corrected chi connectivity index (χ4v) is 7.10. The SMILES string of the molecule is CC(C)[C@]1(C(=O)N2CCc3ccc(C(F)(F)F)cc3C2)CC[C@@H](NCC2C3CCC2COC3)C1. The van der Waals surface area contributed by atoms with Gasteiger partial charge in [0.2, 0.25) is 5.91 Å². The highest BCUT2D eigenvalue weighted by Gasteiger charge is 2.50. The van der Waals surface area contributed by atoms with Gasteiger partial charge >= 0.3 is 6.18 Å². The van der Waals surface area contributed by atoms with Gasteiger partial charge in [0.05, 0.1) is 11.0 Å². The van der Waals surface area contributed by atoms with Crippen molar-refractivity contribution in [2.45, 2.75) is 71.1 Å². The van der Waals surface area contributed by atoms with Crippen molar-refractivity contribution in [3.8, 4) is 0 Å². The number of ether oxygens (including phenoxy) is 1. The van der Waals surface area contributed by atoms with E-state index in [1.807, 2.05) is 4.90 Å². The fraction of sp³-hybridized carbons (Fsp3) is 0.741. The Balaban J connectivity index is 1.26. The Hall–Kier alpha value is -1.60. The summed E-state index contributed by atoms with van der Waals surface area (Å²) in [5, 5.41) is 3.81. The van der Waals surface area contributed by atoms with Gasteiger partial charge in [-0.25, -0.2) is 0 Å². The predicted molar refractivity (Wildman–Crippen MR) is 124 cm³/mol. The number of nitrogens with one attached hydrogen (secondary N) is 1. The molecular formula is C27H37F3N2O2. The van der Waals surface area contributed by atoms with Crippen LogP contribution in [0.3, 0.4) is 0 Å². The molecule has 2 bridgehead atoms. The van der Waals surface area contributed by atoms with E-state index in [9.17, 15) is 18.0 Å². The first-order chi connectivity index (χ1) is 16.2. The number of halogens is 3. The first-order valence-electron chi connectivity index (χ1n) is 13.0. The van der Waals surface area contributed by atoms with Gasteiger partial charge in [0, 0.05) is 32.3 Å². The zero-order valence-corrected chi connectivity index (χ0v) is 20.3. The number of carbonyl (C=O) groups excluding carboxylic acids is 1. The highest BCUT2D eigenvalue weighted by Crippen LogP contribution is 2.47. The molecule has 4 aliphatic rings. The lowest BCUT2D eigenvalue weighted by Gasteiger charge is -2.40. The number of fused-ring (bicyclic) bond motifs is 3. The topological polar surface area (TPSA) is 41.6 Å². The quantitative estimate of drug-likeness (QED) is 0.644. The van der Waals surface area contributed by atoms with E-state index in [-0.39, 0.29) is 18.4 Å². The molecule has 0 radical (unpaired) electrons. The standard InChI is InChI=1S/C27H37F3N2O2/c1-17(2)26(9-7-23(12-26)31-13-24-19-3-4-20(24)16-34-15-19)25(33)32-10-8-18-5-6-22(27(28,29)30)11-21(18)14-32/h5-6,11,17,19-20,23-24,31H,3-4,7-10,12-16H2,1-2H3/t19?,20?,23-,24?,26+/m1/s1. The lowest BCUT2D eigenvalue weighted by atomic mass is 9.73. The minimum absolute atomic E-state index is 0.126. The van der Waals surface area contributed by atoms with E-state index in [0.29, 0.717) is 42.3 Å². The number of rotatable bonds is 5. The summed E-state index contributed by atoms with van der Waals surface area (Å²) in [5.74, 6) is 2.33. The molecule has 2 heterocycles. The average Bonchev–Trinajstić information content (AvgIpc) is 3.33. The summed E-state index contributed by atoms with van der Waals surface area (Å²) in [6.07, 6.45) is 1.41. The largest absolute Gasteiger partial charge is 0.416 e. The summed E-state index contributed by atoms with van der Waals surface area (Å²) in [6.45, 7) is 7.87. The minimum atomic E-state index is -4.37. The zero-order valence-electron chi connectivity index (χ0n) is 20.3. The molecule has 0 spiro atoms. The van der Waals surface area contributed by atoms with Gasteiger partial charge in [-0.05, 0) is 92.0 Å². The van der Waals surface area contributed by atoms with Crippen LogP contribution in [-0.2, 0) is 28.7 Å². The van der Waals surface area contributed by atoms with Crippen molar-refractivity contribution >= 4 is 5.91 Å². The van der Waals surface area contributed by atoms with E-state index in [4.69, 9.17) is 4.74 Å². The summed E-state index contributed by atoms with van der Waals surface area (Å²) >= 11 is 0. The molecule has 0 aromatic heterocycles. The number of nitrogens with zero attached hydrogens (tertiary/aromatic N) is 1. The van der Waals surface area contributed by atoms with Crippen LogP contribution in [-0.4, -0.2) is 43.2 Å². The third kappa shape index (κ3) is 4.39. The van der Waals surface area contributed by atoms with Crippen molar-refractivity contribution in [2.75, 3.05) is 26.3 Å². The van der Waals surface area contributed by atoms with Gasteiger partial charge in [0.15, 0.2) is 0 Å². The molecule has 2 aliphatic carbocycles. The minimum Gasteiger partial charge on any atom is -0.381 e. The maximum atomic E-state index is 13.9. The van der Waals surface area contributed by atoms with Gasteiger partial charge < -0.3 is 15.0 Å². The van der Waals surface area contributed by atoms with Gasteiger partial charge in [-0.15, -0.1) is 0 Å². The summed E-state index contributed by atoms with van der Waals surface area (Å²) in [5.41, 5.74) is 0.487. The van der Waals surface area contributed by atoms with Crippen molar-refractivity contribution in [1.29, 1.82) is 0 Å². The molecule has 188 valence electrons. The van der Waals surface area contributed by atoms with Gasteiger partial charge in [-0.2, -0.15) is 13.2 Å². The molecule has 1 aromatic rings. The molecule has 1 saturated heterocycles. The molecule has 2 unspecified atom stereocenters. The van der Waals surface area contributed by atoms with Crippen LogP contribution < -0.4 is 5.32 Å². The van der Waals surface area contributed by atoms with Crippen molar-refractivity contribution in [3.05, 3.63) is 34.9 Å². The number of carbonyl (C=O) groups is 1. The molecule has 4 atom stereocenters. The van der Waals surface area contributed by atoms with Gasteiger partial charge in [-0.3, -0.25) is 4.79 Å². The maximum absolute atomic E-state index is 13.9. The van der Waals surface area contributed by atoms with Crippen LogP contribution >= 0.6 is 0 Å². The second kappa shape index (κ2) is 9.12. The normalized spacial score (nSPS) is 33.4. The van der Waals surface area contributed by atoms with Crippen molar-refractivity contribution in [1.82, 2.24) is 10.2 Å². The van der Waals surface area contributed by atoms with Crippen LogP contribution in [0.2, 0.25) is 0 Å². The van der Waals surface area contributed by atoms with Crippen molar-refractivity contribution in [2.24, 2.45) is 29.1 Å². The van der Waals surface area contributed by atoms with E-state index < -0.39 is 17.2 Å². The van der Waals surface area contributed by atoms with Crippen LogP contribution in [0.15, 0.2) is 18.2 Å². The second-order valence-electron chi connectivity index (χ2n) is 11.4. The van der Waals surface area contributed by atoms with E-state index in [0.717, 1.165) is 50.7 Å². The number of hydrogen-bond acceptors (Lipinski definition) is 3. The summed E-state index contributed by atoms with van der Waals surface area (Å²) in [7, 11) is 0. The second-order valence-corrected chi connectivity index (χ2v) is 11.4. The Morgan fingerprint density at radius 3 is 2.59 bits per heavy atom. The average molecular weight is 479 g/mol. The molecule has 2 saturated carbocycles. The van der Waals surface area contributed by atoms with Crippen molar-refractivity contribution in [3.63, 3.8) is 0 Å². The monoisotopic (exact) mass is 478 g/mol. The molecule has 1 N–H and O–H groups in total. The predicted octanol–water partition coefficient (Wildman–Crippen LogP) is 5.05. The molecule has 2 aliphatic heterocycles. The van der Waals surface area contributed by atoms with E-state index >= 15 is 0 Å². The molecule has 4 nitrogen and oxygen atoms in total. The molecule has 34 heavy (non-hydrogen) atoms. The molecule has 1 aromatic carbocycles. The maximum Gasteiger partial charge on any atom is 0.416 e. The fourth-order valence-electron chi connectivity index (χ4n) is 7.10. The number of hydrogen-bond donors (Lipinski definition) is 1. The lowest BCUT2D eigenvalue weighted by molar-refractivity contribution is -0.145. The highest BCUT2D eigenvalue weighted by molar-refractivity contribution is 5.84. The Bertz CT molecular complexity index is 902. The Morgan fingerprint density at radius 1 is 1.18 bits per heavy atom. The highest BCUT2D eigenvalue weighted by atomic mass is 19.4. The molecule has 3 fully saturated rings. The van der Waals surface area contributed by atoms with Crippen LogP contribution in [0.5, 0.6) is 0 Å². The zero-order chi connectivity index (χ0) is 24.1. The van der Waals surface area contributed by atoms with E-state index in [1.54, 1.807) is 6.07 Å². The summed E-state index contributed by atoms with van der Waals surface area (Å²) in [4.78, 5) is 15.7. The Morgan fingerprint density at radius 2 is 1.91 bits per heavy atom. The Labute approximate surface area is 200 Å². The third-order valence-electron chi connectivity index (χ3n) is 9.34. The molecular weight excluding hydrogens is 441 g/mol. The smallest absolute Gasteiger partial charge is 0.381 e. The van der Waals surface area contributed by atoms with Crippen LogP contribution in [0, 0.1) is 29.1 Å². The van der Waals surface area contributed by atoms with E-state index in [1.165, 1.54) is 18.9 Å². The van der Waals surface area contributed by atoms with Gasteiger partial charge in [0.1, 0.15) is 0 Å². The van der Waals surface area contributed by atoms with Crippen molar-refractivity contribution < 1.29 is 22.7 Å². The third-order valence-corrected chi connectivity index (χ3v) is 9.34. The number of amides is 1. The van der Waals surface area contributed by atoms with E-state index in [2.05, 4.69) is 19.2 Å². The first-order valence-corrected chi connectivity index (χ1v) is 13.0. The lowest BCUT2D eigenvalue weighted by Crippen LogP contribution is -2.48. The van der Waals surface area contributed by atoms with Gasteiger partial charge in [0.25, 0.3) is 0 Å². The number of alkyl halides is 3. The van der Waals surface area contributed by atoms with Crippen LogP contribution in [0.4, 0.5) is 13.2 Å². The number of benzene rings is 1.